The SMILES string of the molecule is CCCN(C)C(=O)NCC(C)CCC(=O)O. The van der Waals surface area contributed by atoms with E-state index in [0.29, 0.717) is 13.0 Å². The van der Waals surface area contributed by atoms with Gasteiger partial charge in [0.05, 0.1) is 0 Å². The van der Waals surface area contributed by atoms with Crippen molar-refractivity contribution in [2.45, 2.75) is 33.1 Å². The number of rotatable bonds is 7. The van der Waals surface area contributed by atoms with Gasteiger partial charge in [0.25, 0.3) is 0 Å². The summed E-state index contributed by atoms with van der Waals surface area (Å²) in [4.78, 5) is 23.4. The average molecular weight is 230 g/mol. The Labute approximate surface area is 96.8 Å². The molecule has 0 spiro atoms. The average Bonchev–Trinajstić information content (AvgIpc) is 2.23. The summed E-state index contributed by atoms with van der Waals surface area (Å²) in [6.07, 6.45) is 1.67. The quantitative estimate of drug-likeness (QED) is 0.697. The molecule has 0 aliphatic carbocycles. The van der Waals surface area contributed by atoms with Crippen LogP contribution in [0.5, 0.6) is 0 Å². The fourth-order valence-corrected chi connectivity index (χ4v) is 1.31. The van der Waals surface area contributed by atoms with Crippen molar-refractivity contribution in [3.05, 3.63) is 0 Å². The number of nitrogens with zero attached hydrogens (tertiary/aromatic N) is 1. The normalized spacial score (nSPS) is 11.9. The van der Waals surface area contributed by atoms with Crippen molar-refractivity contribution < 1.29 is 14.7 Å². The van der Waals surface area contributed by atoms with Gasteiger partial charge in [-0.15, -0.1) is 0 Å². The van der Waals surface area contributed by atoms with Crippen LogP contribution in [0.15, 0.2) is 0 Å². The number of carboxylic acid groups (broad SMARTS) is 1. The second-order valence-corrected chi connectivity index (χ2v) is 4.15. The van der Waals surface area contributed by atoms with E-state index in [9.17, 15) is 9.59 Å². The molecule has 2 amide bonds. The third-order valence-corrected chi connectivity index (χ3v) is 2.36. The predicted molar refractivity (Wildman–Crippen MR) is 62.4 cm³/mol. The second-order valence-electron chi connectivity index (χ2n) is 4.15. The van der Waals surface area contributed by atoms with Gasteiger partial charge in [-0.2, -0.15) is 0 Å². The molecule has 0 aliphatic rings. The maximum Gasteiger partial charge on any atom is 0.317 e. The number of urea groups is 1. The predicted octanol–water partition coefficient (Wildman–Crippen LogP) is 1.54. The first kappa shape index (κ1) is 14.7. The summed E-state index contributed by atoms with van der Waals surface area (Å²) in [5.74, 6) is -0.601. The van der Waals surface area contributed by atoms with Crippen LogP contribution in [0.25, 0.3) is 0 Å². The lowest BCUT2D eigenvalue weighted by atomic mass is 10.1. The summed E-state index contributed by atoms with van der Waals surface area (Å²) in [6, 6.07) is -0.0935. The van der Waals surface area contributed by atoms with E-state index in [0.717, 1.165) is 13.0 Å². The zero-order valence-corrected chi connectivity index (χ0v) is 10.3. The monoisotopic (exact) mass is 230 g/mol. The van der Waals surface area contributed by atoms with E-state index < -0.39 is 5.97 Å². The Hall–Kier alpha value is -1.26. The van der Waals surface area contributed by atoms with E-state index in [4.69, 9.17) is 5.11 Å². The fraction of sp³-hybridized carbons (Fsp3) is 0.818. The lowest BCUT2D eigenvalue weighted by Gasteiger charge is -2.18. The van der Waals surface area contributed by atoms with Crippen LogP contribution >= 0.6 is 0 Å². The first-order valence-corrected chi connectivity index (χ1v) is 5.68. The van der Waals surface area contributed by atoms with Crippen LogP contribution in [0.1, 0.15) is 33.1 Å². The minimum atomic E-state index is -0.790. The van der Waals surface area contributed by atoms with Crippen LogP contribution < -0.4 is 5.32 Å². The Kier molecular flexibility index (Phi) is 7.33. The van der Waals surface area contributed by atoms with E-state index in [-0.39, 0.29) is 18.4 Å². The first-order chi connectivity index (χ1) is 7.47. The lowest BCUT2D eigenvalue weighted by Crippen LogP contribution is -2.39. The number of nitrogens with one attached hydrogen (secondary N) is 1. The van der Waals surface area contributed by atoms with Crippen molar-refractivity contribution in [3.63, 3.8) is 0 Å². The Morgan fingerprint density at radius 2 is 2.06 bits per heavy atom. The molecule has 0 bridgehead atoms. The van der Waals surface area contributed by atoms with Crippen LogP contribution in [0.4, 0.5) is 4.79 Å². The number of carboxylic acids is 1. The molecule has 0 aromatic heterocycles. The van der Waals surface area contributed by atoms with E-state index in [1.807, 2.05) is 13.8 Å². The lowest BCUT2D eigenvalue weighted by molar-refractivity contribution is -0.137. The third-order valence-electron chi connectivity index (χ3n) is 2.36. The molecule has 0 saturated heterocycles. The number of carbonyl (C=O) groups excluding carboxylic acids is 1. The highest BCUT2D eigenvalue weighted by Gasteiger charge is 2.10. The molecule has 16 heavy (non-hydrogen) atoms. The van der Waals surface area contributed by atoms with Crippen LogP contribution in [-0.2, 0) is 4.79 Å². The van der Waals surface area contributed by atoms with Crippen molar-refractivity contribution in [2.24, 2.45) is 5.92 Å². The van der Waals surface area contributed by atoms with Gasteiger partial charge >= 0.3 is 12.0 Å². The van der Waals surface area contributed by atoms with E-state index in [1.54, 1.807) is 11.9 Å². The molecular weight excluding hydrogens is 208 g/mol. The maximum absolute atomic E-state index is 11.5. The number of aliphatic carboxylic acids is 1. The number of amides is 2. The van der Waals surface area contributed by atoms with Crippen LogP contribution in [0, 0.1) is 5.92 Å². The van der Waals surface area contributed by atoms with Crippen molar-refractivity contribution in [1.82, 2.24) is 10.2 Å². The van der Waals surface area contributed by atoms with Crippen LogP contribution in [0.2, 0.25) is 0 Å². The molecule has 0 heterocycles. The summed E-state index contributed by atoms with van der Waals surface area (Å²) in [6.45, 7) is 5.21. The molecule has 0 radical (unpaired) electrons. The topological polar surface area (TPSA) is 69.6 Å². The molecule has 0 rings (SSSR count). The van der Waals surface area contributed by atoms with Crippen LogP contribution in [-0.4, -0.2) is 42.1 Å². The molecule has 2 N–H and O–H groups in total. The van der Waals surface area contributed by atoms with E-state index >= 15 is 0 Å². The molecule has 0 saturated carbocycles. The van der Waals surface area contributed by atoms with Crippen molar-refractivity contribution in [2.75, 3.05) is 20.1 Å². The van der Waals surface area contributed by atoms with Gasteiger partial charge in [0.1, 0.15) is 0 Å². The molecular formula is C11H22N2O3. The molecule has 1 atom stereocenters. The van der Waals surface area contributed by atoms with E-state index in [2.05, 4.69) is 5.32 Å². The fourth-order valence-electron chi connectivity index (χ4n) is 1.31. The van der Waals surface area contributed by atoms with Crippen molar-refractivity contribution in [3.8, 4) is 0 Å². The zero-order chi connectivity index (χ0) is 12.6. The number of hydrogen-bond donors (Lipinski definition) is 2. The Bertz CT molecular complexity index is 231. The van der Waals surface area contributed by atoms with Crippen LogP contribution in [0.3, 0.4) is 0 Å². The highest BCUT2D eigenvalue weighted by molar-refractivity contribution is 5.73. The maximum atomic E-state index is 11.5. The molecule has 0 fully saturated rings. The van der Waals surface area contributed by atoms with Gasteiger partial charge < -0.3 is 15.3 Å². The highest BCUT2D eigenvalue weighted by Crippen LogP contribution is 2.03. The standard InChI is InChI=1S/C11H22N2O3/c1-4-7-13(3)11(16)12-8-9(2)5-6-10(14)15/h9H,4-8H2,1-3H3,(H,12,16)(H,14,15). The Morgan fingerprint density at radius 1 is 1.44 bits per heavy atom. The summed E-state index contributed by atoms with van der Waals surface area (Å²) in [7, 11) is 1.75. The zero-order valence-electron chi connectivity index (χ0n) is 10.3. The summed E-state index contributed by atoms with van der Waals surface area (Å²) >= 11 is 0. The summed E-state index contributed by atoms with van der Waals surface area (Å²) < 4.78 is 0. The van der Waals surface area contributed by atoms with Crippen molar-refractivity contribution in [1.29, 1.82) is 0 Å². The highest BCUT2D eigenvalue weighted by atomic mass is 16.4. The van der Waals surface area contributed by atoms with Crippen molar-refractivity contribution >= 4 is 12.0 Å². The summed E-state index contributed by atoms with van der Waals surface area (Å²) in [5, 5.41) is 11.3. The van der Waals surface area contributed by atoms with Gasteiger partial charge in [0, 0.05) is 26.6 Å². The number of hydrogen-bond acceptors (Lipinski definition) is 2. The largest absolute Gasteiger partial charge is 0.481 e. The molecule has 1 unspecified atom stereocenters. The first-order valence-electron chi connectivity index (χ1n) is 5.68. The molecule has 0 aromatic carbocycles. The van der Waals surface area contributed by atoms with Gasteiger partial charge in [0.2, 0.25) is 0 Å². The Morgan fingerprint density at radius 3 is 2.56 bits per heavy atom. The third kappa shape index (κ3) is 7.09. The Balaban J connectivity index is 3.69. The number of carbonyl (C=O) groups is 2. The van der Waals surface area contributed by atoms with Gasteiger partial charge in [-0.05, 0) is 18.8 Å². The summed E-state index contributed by atoms with van der Waals surface area (Å²) in [5.41, 5.74) is 0. The van der Waals surface area contributed by atoms with Gasteiger partial charge in [-0.3, -0.25) is 4.79 Å². The van der Waals surface area contributed by atoms with E-state index in [1.165, 1.54) is 0 Å². The van der Waals surface area contributed by atoms with Gasteiger partial charge in [-0.1, -0.05) is 13.8 Å². The second kappa shape index (κ2) is 7.96. The minimum Gasteiger partial charge on any atom is -0.481 e. The molecule has 94 valence electrons. The smallest absolute Gasteiger partial charge is 0.317 e. The van der Waals surface area contributed by atoms with Gasteiger partial charge in [0.15, 0.2) is 0 Å². The molecule has 0 aliphatic heterocycles. The molecule has 0 aromatic rings. The van der Waals surface area contributed by atoms with Gasteiger partial charge in [-0.25, -0.2) is 4.79 Å². The minimum absolute atomic E-state index is 0.0935. The molecule has 5 nitrogen and oxygen atoms in total. The molecule has 5 heteroatoms.